The first-order chi connectivity index (χ1) is 10.6. The van der Waals surface area contributed by atoms with Gasteiger partial charge in [-0.05, 0) is 37.8 Å². The molecule has 5 heteroatoms. The highest BCUT2D eigenvalue weighted by molar-refractivity contribution is 5.86. The molecule has 0 unspecified atom stereocenters. The highest BCUT2D eigenvalue weighted by Gasteiger charge is 2.27. The fourth-order valence-electron chi connectivity index (χ4n) is 3.13. The van der Waals surface area contributed by atoms with Crippen LogP contribution in [-0.2, 0) is 11.8 Å². The predicted octanol–water partition coefficient (Wildman–Crippen LogP) is 2.60. The van der Waals surface area contributed by atoms with Crippen LogP contribution in [0.15, 0.2) is 24.3 Å². The zero-order chi connectivity index (χ0) is 15.7. The maximum atomic E-state index is 12.6. The summed E-state index contributed by atoms with van der Waals surface area (Å²) >= 11 is 0. The van der Waals surface area contributed by atoms with Gasteiger partial charge in [-0.3, -0.25) is 9.48 Å². The van der Waals surface area contributed by atoms with E-state index < -0.39 is 6.10 Å². The van der Waals surface area contributed by atoms with E-state index >= 15 is 0 Å². The third-order valence-corrected chi connectivity index (χ3v) is 4.33. The van der Waals surface area contributed by atoms with E-state index in [1.807, 2.05) is 43.1 Å². The van der Waals surface area contributed by atoms with Gasteiger partial charge in [0.05, 0.1) is 10.9 Å². The molecule has 1 aromatic heterocycles. The molecule has 1 aromatic carbocycles. The van der Waals surface area contributed by atoms with Crippen LogP contribution in [0.25, 0.3) is 10.9 Å². The summed E-state index contributed by atoms with van der Waals surface area (Å²) in [4.78, 5) is 14.5. The molecule has 0 radical (unpaired) electrons. The topological polar surface area (TPSA) is 47.4 Å². The number of nitrogens with zero attached hydrogens (tertiary/aromatic N) is 3. The van der Waals surface area contributed by atoms with Gasteiger partial charge in [0.15, 0.2) is 6.10 Å². The van der Waals surface area contributed by atoms with Crippen molar-refractivity contribution in [3.8, 4) is 5.88 Å². The number of benzene rings is 1. The van der Waals surface area contributed by atoms with Crippen molar-refractivity contribution in [2.75, 3.05) is 13.1 Å². The molecule has 1 saturated heterocycles. The van der Waals surface area contributed by atoms with Gasteiger partial charge < -0.3 is 9.64 Å². The molecule has 22 heavy (non-hydrogen) atoms. The van der Waals surface area contributed by atoms with Crippen LogP contribution in [0.1, 0.15) is 26.7 Å². The maximum absolute atomic E-state index is 12.6. The number of amides is 1. The van der Waals surface area contributed by atoms with E-state index in [0.717, 1.165) is 30.4 Å². The first-order valence-electron chi connectivity index (χ1n) is 7.93. The minimum atomic E-state index is -0.511. The molecular formula is C17H23N3O2. The summed E-state index contributed by atoms with van der Waals surface area (Å²) in [5.41, 5.74) is 1.00. The molecule has 0 N–H and O–H groups in total. The van der Waals surface area contributed by atoms with Crippen LogP contribution in [0.2, 0.25) is 0 Å². The van der Waals surface area contributed by atoms with Crippen molar-refractivity contribution in [2.24, 2.45) is 13.0 Å². The van der Waals surface area contributed by atoms with Crippen molar-refractivity contribution < 1.29 is 9.53 Å². The fraction of sp³-hybridized carbons (Fsp3) is 0.529. The Morgan fingerprint density at radius 2 is 2.18 bits per heavy atom. The maximum Gasteiger partial charge on any atom is 0.263 e. The number of piperidine rings is 1. The molecule has 1 aliphatic heterocycles. The highest BCUT2D eigenvalue weighted by Crippen LogP contribution is 2.25. The van der Waals surface area contributed by atoms with Gasteiger partial charge in [0.1, 0.15) is 0 Å². The highest BCUT2D eigenvalue weighted by atomic mass is 16.5. The summed E-state index contributed by atoms with van der Waals surface area (Å²) in [6.07, 6.45) is 1.76. The molecule has 2 aromatic rings. The average molecular weight is 301 g/mol. The second kappa shape index (κ2) is 5.99. The van der Waals surface area contributed by atoms with Gasteiger partial charge in [0.25, 0.3) is 5.91 Å². The Balaban J connectivity index is 1.75. The van der Waals surface area contributed by atoms with Crippen molar-refractivity contribution in [3.63, 3.8) is 0 Å². The zero-order valence-electron chi connectivity index (χ0n) is 13.5. The number of hydrogen-bond donors (Lipinski definition) is 0. The quantitative estimate of drug-likeness (QED) is 0.875. The van der Waals surface area contributed by atoms with Crippen molar-refractivity contribution in [3.05, 3.63) is 24.3 Å². The molecule has 0 saturated carbocycles. The van der Waals surface area contributed by atoms with Crippen molar-refractivity contribution in [1.29, 1.82) is 0 Å². The molecule has 3 rings (SSSR count). The van der Waals surface area contributed by atoms with Gasteiger partial charge in [-0.2, -0.15) is 0 Å². The lowest BCUT2D eigenvalue weighted by molar-refractivity contribution is -0.139. The SMILES string of the molecule is C[C@@H]1CCCN(C(=O)[C@@H](C)Oc2nn(C)c3ccccc23)C1. The van der Waals surface area contributed by atoms with Crippen LogP contribution in [0, 0.1) is 5.92 Å². The number of ether oxygens (including phenoxy) is 1. The summed E-state index contributed by atoms with van der Waals surface area (Å²) in [6.45, 7) is 5.66. The van der Waals surface area contributed by atoms with Gasteiger partial charge in [-0.15, -0.1) is 5.10 Å². The van der Waals surface area contributed by atoms with E-state index in [-0.39, 0.29) is 5.91 Å². The predicted molar refractivity (Wildman–Crippen MR) is 85.8 cm³/mol. The molecule has 1 amide bonds. The van der Waals surface area contributed by atoms with E-state index in [1.54, 1.807) is 4.68 Å². The Morgan fingerprint density at radius 1 is 1.41 bits per heavy atom. The second-order valence-corrected chi connectivity index (χ2v) is 6.24. The second-order valence-electron chi connectivity index (χ2n) is 6.24. The molecular weight excluding hydrogens is 278 g/mol. The molecule has 118 valence electrons. The lowest BCUT2D eigenvalue weighted by atomic mass is 10.00. The molecule has 5 nitrogen and oxygen atoms in total. The first kappa shape index (κ1) is 14.9. The standard InChI is InChI=1S/C17H23N3O2/c1-12-7-6-10-20(11-12)17(21)13(2)22-16-14-8-4-5-9-15(14)19(3)18-16/h4-5,8-9,12-13H,6-7,10-11H2,1-3H3/t12-,13-/m1/s1. The molecule has 2 atom stereocenters. The number of likely N-dealkylation sites (tertiary alicyclic amines) is 1. The van der Waals surface area contributed by atoms with E-state index in [2.05, 4.69) is 12.0 Å². The monoisotopic (exact) mass is 301 g/mol. The lowest BCUT2D eigenvalue weighted by Crippen LogP contribution is -2.45. The van der Waals surface area contributed by atoms with Gasteiger partial charge in [-0.25, -0.2) is 0 Å². The van der Waals surface area contributed by atoms with E-state index in [0.29, 0.717) is 11.8 Å². The number of hydrogen-bond acceptors (Lipinski definition) is 3. The minimum absolute atomic E-state index is 0.0567. The Bertz CT molecular complexity index is 680. The number of carbonyl (C=O) groups is 1. The van der Waals surface area contributed by atoms with E-state index in [4.69, 9.17) is 4.74 Å². The fourth-order valence-corrected chi connectivity index (χ4v) is 3.13. The lowest BCUT2D eigenvalue weighted by Gasteiger charge is -2.32. The molecule has 1 fully saturated rings. The largest absolute Gasteiger partial charge is 0.463 e. The van der Waals surface area contributed by atoms with Gasteiger partial charge in [0.2, 0.25) is 5.88 Å². The van der Waals surface area contributed by atoms with Crippen LogP contribution in [-0.4, -0.2) is 39.8 Å². The van der Waals surface area contributed by atoms with Crippen LogP contribution < -0.4 is 4.74 Å². The number of aromatic nitrogens is 2. The molecule has 0 aliphatic carbocycles. The number of carbonyl (C=O) groups excluding carboxylic acids is 1. The van der Waals surface area contributed by atoms with Crippen LogP contribution in [0.5, 0.6) is 5.88 Å². The van der Waals surface area contributed by atoms with Gasteiger partial charge >= 0.3 is 0 Å². The normalized spacial score (nSPS) is 20.1. The van der Waals surface area contributed by atoms with Crippen LogP contribution in [0.4, 0.5) is 0 Å². The zero-order valence-corrected chi connectivity index (χ0v) is 13.5. The summed E-state index contributed by atoms with van der Waals surface area (Å²) in [7, 11) is 1.88. The number of aryl methyl sites for hydroxylation is 1. The molecule has 0 spiro atoms. The molecule has 2 heterocycles. The number of rotatable bonds is 3. The average Bonchev–Trinajstić information content (AvgIpc) is 2.83. The Morgan fingerprint density at radius 3 is 2.95 bits per heavy atom. The van der Waals surface area contributed by atoms with Crippen molar-refractivity contribution >= 4 is 16.8 Å². The third kappa shape index (κ3) is 2.80. The smallest absolute Gasteiger partial charge is 0.263 e. The number of fused-ring (bicyclic) bond motifs is 1. The Hall–Kier alpha value is -2.04. The van der Waals surface area contributed by atoms with Crippen LogP contribution >= 0.6 is 0 Å². The van der Waals surface area contributed by atoms with Gasteiger partial charge in [0, 0.05) is 20.1 Å². The Kier molecular flexibility index (Phi) is 4.05. The molecule has 0 bridgehead atoms. The third-order valence-electron chi connectivity index (χ3n) is 4.33. The summed E-state index contributed by atoms with van der Waals surface area (Å²) in [5.74, 6) is 1.16. The van der Waals surface area contributed by atoms with Crippen molar-refractivity contribution in [2.45, 2.75) is 32.8 Å². The summed E-state index contributed by atoms with van der Waals surface area (Å²) in [5, 5.41) is 5.34. The molecule has 1 aliphatic rings. The minimum Gasteiger partial charge on any atom is -0.463 e. The van der Waals surface area contributed by atoms with E-state index in [1.165, 1.54) is 6.42 Å². The van der Waals surface area contributed by atoms with Crippen LogP contribution in [0.3, 0.4) is 0 Å². The summed E-state index contributed by atoms with van der Waals surface area (Å²) < 4.78 is 7.66. The van der Waals surface area contributed by atoms with Crippen molar-refractivity contribution in [1.82, 2.24) is 14.7 Å². The van der Waals surface area contributed by atoms with Gasteiger partial charge in [-0.1, -0.05) is 19.1 Å². The summed E-state index contributed by atoms with van der Waals surface area (Å²) in [6, 6.07) is 7.89. The van der Waals surface area contributed by atoms with E-state index in [9.17, 15) is 4.79 Å². The first-order valence-corrected chi connectivity index (χ1v) is 7.93. The Labute approximate surface area is 130 Å². The number of para-hydroxylation sites is 1.